The van der Waals surface area contributed by atoms with E-state index in [0.717, 1.165) is 29.9 Å². The Morgan fingerprint density at radius 3 is 2.70 bits per heavy atom. The molecule has 120 valence electrons. The summed E-state index contributed by atoms with van der Waals surface area (Å²) in [6, 6.07) is 9.87. The minimum atomic E-state index is -0.214. The highest BCUT2D eigenvalue weighted by atomic mass is 16.1. The van der Waals surface area contributed by atoms with Crippen LogP contribution in [0.3, 0.4) is 0 Å². The standard InChI is InChI=1S/C18H22N4O/c1-13-7-5-6-10-15(13)22-18(23)16-11-17(20-12-19-16)21-14-8-3-2-4-9-14/h5-7,10-12,14H,2-4,8-9H2,1H3,(H,22,23)(H,19,20,21). The van der Waals surface area contributed by atoms with Crippen molar-refractivity contribution in [1.29, 1.82) is 0 Å². The Labute approximate surface area is 136 Å². The monoisotopic (exact) mass is 310 g/mol. The number of nitrogens with zero attached hydrogens (tertiary/aromatic N) is 2. The van der Waals surface area contributed by atoms with Gasteiger partial charge < -0.3 is 10.6 Å². The van der Waals surface area contributed by atoms with E-state index in [4.69, 9.17) is 0 Å². The number of aryl methyl sites for hydroxylation is 1. The lowest BCUT2D eigenvalue weighted by atomic mass is 9.95. The molecule has 23 heavy (non-hydrogen) atoms. The Hall–Kier alpha value is -2.43. The molecule has 0 spiro atoms. The number of hydrogen-bond donors (Lipinski definition) is 2. The summed E-state index contributed by atoms with van der Waals surface area (Å²) in [7, 11) is 0. The minimum Gasteiger partial charge on any atom is -0.367 e. The molecule has 0 radical (unpaired) electrons. The second-order valence-corrected chi connectivity index (χ2v) is 6.04. The third kappa shape index (κ3) is 4.06. The van der Waals surface area contributed by atoms with Crippen molar-refractivity contribution >= 4 is 17.4 Å². The van der Waals surface area contributed by atoms with Gasteiger partial charge in [0, 0.05) is 17.8 Å². The first kappa shape index (κ1) is 15.5. The third-order valence-corrected chi connectivity index (χ3v) is 4.25. The van der Waals surface area contributed by atoms with Crippen molar-refractivity contribution in [2.45, 2.75) is 45.1 Å². The van der Waals surface area contributed by atoms with Gasteiger partial charge >= 0.3 is 0 Å². The van der Waals surface area contributed by atoms with Gasteiger partial charge in [0.15, 0.2) is 0 Å². The van der Waals surface area contributed by atoms with E-state index in [1.165, 1.54) is 25.6 Å². The molecule has 1 saturated carbocycles. The SMILES string of the molecule is Cc1ccccc1NC(=O)c1cc(NC2CCCCC2)ncn1. The summed E-state index contributed by atoms with van der Waals surface area (Å²) in [4.78, 5) is 20.7. The molecule has 2 N–H and O–H groups in total. The molecule has 1 aromatic heterocycles. The smallest absolute Gasteiger partial charge is 0.274 e. The lowest BCUT2D eigenvalue weighted by Gasteiger charge is -2.23. The summed E-state index contributed by atoms with van der Waals surface area (Å²) < 4.78 is 0. The zero-order valence-corrected chi connectivity index (χ0v) is 13.4. The predicted molar refractivity (Wildman–Crippen MR) is 91.7 cm³/mol. The first-order chi connectivity index (χ1) is 11.2. The van der Waals surface area contributed by atoms with Crippen LogP contribution in [0, 0.1) is 6.92 Å². The molecule has 0 bridgehead atoms. The van der Waals surface area contributed by atoms with Crippen LogP contribution in [-0.2, 0) is 0 Å². The maximum Gasteiger partial charge on any atom is 0.274 e. The molecule has 2 aromatic rings. The van der Waals surface area contributed by atoms with Gasteiger partial charge in [-0.15, -0.1) is 0 Å². The summed E-state index contributed by atoms with van der Waals surface area (Å²) in [5.74, 6) is 0.509. The summed E-state index contributed by atoms with van der Waals surface area (Å²) in [6.45, 7) is 1.96. The number of nitrogens with one attached hydrogen (secondary N) is 2. The van der Waals surface area contributed by atoms with E-state index in [1.807, 2.05) is 31.2 Å². The molecule has 0 aliphatic heterocycles. The molecule has 0 saturated heterocycles. The van der Waals surface area contributed by atoms with Crippen LogP contribution in [-0.4, -0.2) is 21.9 Å². The van der Waals surface area contributed by atoms with Crippen LogP contribution in [0.25, 0.3) is 0 Å². The number of anilines is 2. The fraction of sp³-hybridized carbons (Fsp3) is 0.389. The van der Waals surface area contributed by atoms with E-state index in [9.17, 15) is 4.79 Å². The van der Waals surface area contributed by atoms with Crippen molar-refractivity contribution in [2.24, 2.45) is 0 Å². The van der Waals surface area contributed by atoms with Gasteiger partial charge in [-0.3, -0.25) is 4.79 Å². The molecule has 1 fully saturated rings. The fourth-order valence-corrected chi connectivity index (χ4v) is 2.92. The van der Waals surface area contributed by atoms with Crippen LogP contribution < -0.4 is 10.6 Å². The molecule has 5 heteroatoms. The van der Waals surface area contributed by atoms with E-state index < -0.39 is 0 Å². The van der Waals surface area contributed by atoms with Gasteiger partial charge in [-0.1, -0.05) is 37.5 Å². The lowest BCUT2D eigenvalue weighted by molar-refractivity contribution is 0.102. The van der Waals surface area contributed by atoms with E-state index in [1.54, 1.807) is 6.07 Å². The van der Waals surface area contributed by atoms with E-state index in [-0.39, 0.29) is 5.91 Å². The summed E-state index contributed by atoms with van der Waals surface area (Å²) in [6.07, 6.45) is 7.58. The van der Waals surface area contributed by atoms with Crippen molar-refractivity contribution in [3.63, 3.8) is 0 Å². The molecule has 5 nitrogen and oxygen atoms in total. The molecule has 0 atom stereocenters. The Balaban J connectivity index is 1.69. The molecule has 1 amide bonds. The number of amides is 1. The molecule has 1 aliphatic carbocycles. The highest BCUT2D eigenvalue weighted by Crippen LogP contribution is 2.21. The van der Waals surface area contributed by atoms with Gasteiger partial charge in [-0.2, -0.15) is 0 Å². The number of benzene rings is 1. The molecular weight excluding hydrogens is 288 g/mol. The van der Waals surface area contributed by atoms with Gasteiger partial charge in [0.1, 0.15) is 17.8 Å². The zero-order valence-electron chi connectivity index (χ0n) is 13.4. The average Bonchev–Trinajstić information content (AvgIpc) is 2.58. The molecule has 1 heterocycles. The quantitative estimate of drug-likeness (QED) is 0.902. The zero-order chi connectivity index (χ0) is 16.1. The Bertz CT molecular complexity index is 680. The summed E-state index contributed by atoms with van der Waals surface area (Å²) in [5, 5.41) is 6.32. The van der Waals surface area contributed by atoms with Gasteiger partial charge in [0.05, 0.1) is 0 Å². The summed E-state index contributed by atoms with van der Waals surface area (Å²) >= 11 is 0. The Morgan fingerprint density at radius 2 is 1.91 bits per heavy atom. The van der Waals surface area contributed by atoms with Crippen LogP contribution in [0.15, 0.2) is 36.7 Å². The van der Waals surface area contributed by atoms with Gasteiger partial charge in [-0.25, -0.2) is 9.97 Å². The Morgan fingerprint density at radius 1 is 1.13 bits per heavy atom. The average molecular weight is 310 g/mol. The van der Waals surface area contributed by atoms with E-state index >= 15 is 0 Å². The van der Waals surface area contributed by atoms with Crippen molar-refractivity contribution in [3.8, 4) is 0 Å². The summed E-state index contributed by atoms with van der Waals surface area (Å²) in [5.41, 5.74) is 2.20. The Kier molecular flexibility index (Phi) is 4.86. The van der Waals surface area contributed by atoms with Crippen molar-refractivity contribution in [1.82, 2.24) is 9.97 Å². The van der Waals surface area contributed by atoms with Crippen molar-refractivity contribution in [2.75, 3.05) is 10.6 Å². The predicted octanol–water partition coefficient (Wildman–Crippen LogP) is 3.78. The second-order valence-electron chi connectivity index (χ2n) is 6.04. The first-order valence-electron chi connectivity index (χ1n) is 8.18. The van der Waals surface area contributed by atoms with Crippen molar-refractivity contribution in [3.05, 3.63) is 47.9 Å². The number of carbonyl (C=O) groups is 1. The van der Waals surface area contributed by atoms with Crippen LogP contribution in [0.1, 0.15) is 48.2 Å². The molecular formula is C18H22N4O. The highest BCUT2D eigenvalue weighted by molar-refractivity contribution is 6.03. The fourth-order valence-electron chi connectivity index (χ4n) is 2.92. The van der Waals surface area contributed by atoms with Crippen LogP contribution in [0.2, 0.25) is 0 Å². The first-order valence-corrected chi connectivity index (χ1v) is 8.18. The van der Waals surface area contributed by atoms with Gasteiger partial charge in [0.2, 0.25) is 0 Å². The number of rotatable bonds is 4. The molecule has 0 unspecified atom stereocenters. The number of aromatic nitrogens is 2. The van der Waals surface area contributed by atoms with Gasteiger partial charge in [0.25, 0.3) is 5.91 Å². The van der Waals surface area contributed by atoms with Crippen LogP contribution in [0.4, 0.5) is 11.5 Å². The normalized spacial score (nSPS) is 15.2. The largest absolute Gasteiger partial charge is 0.367 e. The maximum atomic E-state index is 12.4. The number of para-hydroxylation sites is 1. The molecule has 1 aliphatic rings. The minimum absolute atomic E-state index is 0.214. The third-order valence-electron chi connectivity index (χ3n) is 4.25. The van der Waals surface area contributed by atoms with Crippen LogP contribution >= 0.6 is 0 Å². The second kappa shape index (κ2) is 7.22. The van der Waals surface area contributed by atoms with Crippen LogP contribution in [0.5, 0.6) is 0 Å². The maximum absolute atomic E-state index is 12.4. The number of carbonyl (C=O) groups excluding carboxylic acids is 1. The highest BCUT2D eigenvalue weighted by Gasteiger charge is 2.15. The van der Waals surface area contributed by atoms with Gasteiger partial charge in [-0.05, 0) is 31.4 Å². The number of hydrogen-bond acceptors (Lipinski definition) is 4. The molecule has 1 aromatic carbocycles. The lowest BCUT2D eigenvalue weighted by Crippen LogP contribution is -2.23. The van der Waals surface area contributed by atoms with E-state index in [0.29, 0.717) is 11.7 Å². The van der Waals surface area contributed by atoms with Crippen molar-refractivity contribution < 1.29 is 4.79 Å². The van der Waals surface area contributed by atoms with E-state index in [2.05, 4.69) is 20.6 Å². The topological polar surface area (TPSA) is 66.9 Å². The molecule has 3 rings (SSSR count).